The Morgan fingerprint density at radius 1 is 1.06 bits per heavy atom. The van der Waals surface area contributed by atoms with E-state index in [4.69, 9.17) is 23.2 Å². The molecule has 7 heteroatoms. The van der Waals surface area contributed by atoms with Gasteiger partial charge < -0.3 is 10.2 Å². The first-order valence-electron chi connectivity index (χ1n) is 10.6. The first-order valence-corrected chi connectivity index (χ1v) is 12.4. The zero-order valence-electron chi connectivity index (χ0n) is 18.1. The molecule has 0 spiro atoms. The van der Waals surface area contributed by atoms with E-state index >= 15 is 0 Å². The van der Waals surface area contributed by atoms with E-state index in [1.165, 1.54) is 0 Å². The predicted octanol–water partition coefficient (Wildman–Crippen LogP) is 6.20. The molecule has 0 aliphatic carbocycles. The van der Waals surface area contributed by atoms with Crippen LogP contribution >= 0.6 is 35.0 Å². The molecule has 0 bridgehead atoms. The molecule has 2 amide bonds. The van der Waals surface area contributed by atoms with E-state index < -0.39 is 6.04 Å². The molecule has 1 N–H and O–H groups in total. The van der Waals surface area contributed by atoms with E-state index in [0.29, 0.717) is 41.7 Å². The second kappa shape index (κ2) is 13.7. The van der Waals surface area contributed by atoms with Crippen molar-refractivity contribution >= 4 is 46.8 Å². The van der Waals surface area contributed by atoms with Crippen LogP contribution in [0.5, 0.6) is 0 Å². The van der Waals surface area contributed by atoms with E-state index in [1.807, 2.05) is 49.4 Å². The summed E-state index contributed by atoms with van der Waals surface area (Å²) in [5.41, 5.74) is 0.836. The number of carbonyl (C=O) groups is 2. The van der Waals surface area contributed by atoms with Gasteiger partial charge in [0.05, 0.1) is 0 Å². The Hall–Kier alpha value is -1.69. The highest BCUT2D eigenvalue weighted by atomic mass is 35.5. The van der Waals surface area contributed by atoms with Crippen molar-refractivity contribution in [2.24, 2.45) is 0 Å². The van der Waals surface area contributed by atoms with E-state index in [-0.39, 0.29) is 11.8 Å². The highest BCUT2D eigenvalue weighted by Crippen LogP contribution is 2.23. The molecule has 31 heavy (non-hydrogen) atoms. The number of carbonyl (C=O) groups excluding carboxylic acids is 2. The average Bonchev–Trinajstić information content (AvgIpc) is 2.76. The van der Waals surface area contributed by atoms with Crippen LogP contribution in [0.25, 0.3) is 0 Å². The number of nitrogens with zero attached hydrogens (tertiary/aromatic N) is 1. The van der Waals surface area contributed by atoms with Crippen LogP contribution < -0.4 is 5.32 Å². The summed E-state index contributed by atoms with van der Waals surface area (Å²) < 4.78 is 0. The van der Waals surface area contributed by atoms with Crippen LogP contribution in [-0.4, -0.2) is 35.1 Å². The number of rotatable bonds is 12. The number of thioether (sulfide) groups is 1. The molecule has 168 valence electrons. The molecule has 0 heterocycles. The van der Waals surface area contributed by atoms with Crippen molar-refractivity contribution in [1.29, 1.82) is 0 Å². The number of hydrogen-bond acceptors (Lipinski definition) is 3. The lowest BCUT2D eigenvalue weighted by Gasteiger charge is -2.31. The average molecular weight is 481 g/mol. The van der Waals surface area contributed by atoms with Crippen molar-refractivity contribution in [1.82, 2.24) is 10.2 Å². The molecule has 2 rings (SSSR count). The van der Waals surface area contributed by atoms with Gasteiger partial charge in [0.15, 0.2) is 0 Å². The maximum Gasteiger partial charge on any atom is 0.242 e. The Balaban J connectivity index is 2.10. The van der Waals surface area contributed by atoms with Crippen LogP contribution in [0.3, 0.4) is 0 Å². The second-order valence-corrected chi connectivity index (χ2v) is 9.25. The molecular weight excluding hydrogens is 451 g/mol. The maximum atomic E-state index is 13.2. The zero-order valence-corrected chi connectivity index (χ0v) is 20.4. The SMILES string of the molecule is CCCCNC(=O)C(CC)N(Cc1ccccc1Cl)C(=O)CCSc1ccc(Cl)cc1. The van der Waals surface area contributed by atoms with Gasteiger partial charge in [-0.05, 0) is 48.7 Å². The lowest BCUT2D eigenvalue weighted by atomic mass is 10.1. The topological polar surface area (TPSA) is 49.4 Å². The van der Waals surface area contributed by atoms with Crippen molar-refractivity contribution in [3.63, 3.8) is 0 Å². The maximum absolute atomic E-state index is 13.2. The first-order chi connectivity index (χ1) is 15.0. The van der Waals surface area contributed by atoms with E-state index in [9.17, 15) is 9.59 Å². The lowest BCUT2D eigenvalue weighted by molar-refractivity contribution is -0.141. The first kappa shape index (κ1) is 25.6. The second-order valence-electron chi connectivity index (χ2n) is 7.23. The third kappa shape index (κ3) is 8.40. The van der Waals surface area contributed by atoms with Gasteiger partial charge in [0.1, 0.15) is 6.04 Å². The monoisotopic (exact) mass is 480 g/mol. The number of amides is 2. The fraction of sp³-hybridized carbons (Fsp3) is 0.417. The zero-order chi connectivity index (χ0) is 22.6. The molecule has 0 aliphatic rings. The number of hydrogen-bond donors (Lipinski definition) is 1. The number of unbranched alkanes of at least 4 members (excludes halogenated alkanes) is 1. The van der Waals surface area contributed by atoms with Crippen LogP contribution in [0, 0.1) is 0 Å². The van der Waals surface area contributed by atoms with Gasteiger partial charge in [-0.2, -0.15) is 0 Å². The third-order valence-electron chi connectivity index (χ3n) is 4.91. The standard InChI is InChI=1S/C24H30Cl2N2O2S/c1-3-5-15-27-24(30)22(4-2)28(17-18-8-6-7-9-21(18)26)23(29)14-16-31-20-12-10-19(25)11-13-20/h6-13,22H,3-5,14-17H2,1-2H3,(H,27,30). The van der Waals surface area contributed by atoms with Crippen molar-refractivity contribution in [2.45, 2.75) is 57.0 Å². The predicted molar refractivity (Wildman–Crippen MR) is 131 cm³/mol. The van der Waals surface area contributed by atoms with Crippen molar-refractivity contribution < 1.29 is 9.59 Å². The Morgan fingerprint density at radius 2 is 1.77 bits per heavy atom. The third-order valence-corrected chi connectivity index (χ3v) is 6.55. The van der Waals surface area contributed by atoms with Gasteiger partial charge in [-0.1, -0.05) is 61.7 Å². The van der Waals surface area contributed by atoms with Crippen LogP contribution in [0.15, 0.2) is 53.4 Å². The molecule has 1 atom stereocenters. The molecule has 0 aromatic heterocycles. The highest BCUT2D eigenvalue weighted by molar-refractivity contribution is 7.99. The summed E-state index contributed by atoms with van der Waals surface area (Å²) in [5.74, 6) is 0.452. The molecule has 0 saturated carbocycles. The number of benzene rings is 2. The van der Waals surface area contributed by atoms with Gasteiger partial charge in [-0.25, -0.2) is 0 Å². The van der Waals surface area contributed by atoms with Gasteiger partial charge in [-0.3, -0.25) is 9.59 Å². The van der Waals surface area contributed by atoms with Crippen LogP contribution in [-0.2, 0) is 16.1 Å². The molecule has 0 aliphatic heterocycles. The Morgan fingerprint density at radius 3 is 2.42 bits per heavy atom. The molecular formula is C24H30Cl2N2O2S. The summed E-state index contributed by atoms with van der Waals surface area (Å²) in [6.45, 7) is 4.94. The van der Waals surface area contributed by atoms with Crippen LogP contribution in [0.2, 0.25) is 10.0 Å². The van der Waals surface area contributed by atoms with E-state index in [0.717, 1.165) is 23.3 Å². The Kier molecular flexibility index (Phi) is 11.3. The summed E-state index contributed by atoms with van der Waals surface area (Å²) in [4.78, 5) is 28.8. The molecule has 0 fully saturated rings. The van der Waals surface area contributed by atoms with Gasteiger partial charge >= 0.3 is 0 Å². The normalized spacial score (nSPS) is 11.7. The van der Waals surface area contributed by atoms with E-state index in [2.05, 4.69) is 12.2 Å². The van der Waals surface area contributed by atoms with Crippen LogP contribution in [0.4, 0.5) is 0 Å². The van der Waals surface area contributed by atoms with Gasteiger partial charge in [-0.15, -0.1) is 11.8 Å². The smallest absolute Gasteiger partial charge is 0.242 e. The summed E-state index contributed by atoms with van der Waals surface area (Å²) in [6.07, 6.45) is 2.79. The lowest BCUT2D eigenvalue weighted by Crippen LogP contribution is -2.49. The van der Waals surface area contributed by atoms with E-state index in [1.54, 1.807) is 22.7 Å². The quantitative estimate of drug-likeness (QED) is 0.290. The molecule has 2 aromatic carbocycles. The molecule has 0 saturated heterocycles. The summed E-state index contributed by atoms with van der Waals surface area (Å²) >= 11 is 13.9. The molecule has 1 unspecified atom stereocenters. The van der Waals surface area contributed by atoms with Gasteiger partial charge in [0.2, 0.25) is 11.8 Å². The van der Waals surface area contributed by atoms with Crippen molar-refractivity contribution in [3.8, 4) is 0 Å². The fourth-order valence-corrected chi connectivity index (χ4v) is 4.33. The minimum Gasteiger partial charge on any atom is -0.354 e. The molecule has 4 nitrogen and oxygen atoms in total. The van der Waals surface area contributed by atoms with Crippen molar-refractivity contribution in [2.75, 3.05) is 12.3 Å². The van der Waals surface area contributed by atoms with Gasteiger partial charge in [0, 0.05) is 40.2 Å². The van der Waals surface area contributed by atoms with Crippen LogP contribution in [0.1, 0.15) is 45.1 Å². The minimum absolute atomic E-state index is 0.0566. The highest BCUT2D eigenvalue weighted by Gasteiger charge is 2.28. The summed E-state index contributed by atoms with van der Waals surface area (Å²) in [5, 5.41) is 4.25. The Labute approximate surface area is 199 Å². The Bertz CT molecular complexity index is 846. The fourth-order valence-electron chi connectivity index (χ4n) is 3.17. The molecule has 2 aromatic rings. The number of halogens is 2. The summed E-state index contributed by atoms with van der Waals surface area (Å²) in [7, 11) is 0. The minimum atomic E-state index is -0.527. The number of nitrogens with one attached hydrogen (secondary N) is 1. The summed E-state index contributed by atoms with van der Waals surface area (Å²) in [6, 6.07) is 14.5. The largest absolute Gasteiger partial charge is 0.354 e. The van der Waals surface area contributed by atoms with Crippen molar-refractivity contribution in [3.05, 3.63) is 64.1 Å². The molecule has 0 radical (unpaired) electrons. The van der Waals surface area contributed by atoms with Gasteiger partial charge in [0.25, 0.3) is 0 Å².